The molecule has 0 bridgehead atoms. The molecule has 1 aromatic heterocycles. The van der Waals surface area contributed by atoms with Crippen molar-refractivity contribution in [1.82, 2.24) is 9.88 Å². The number of aromatic nitrogens is 1. The maximum Gasteiger partial charge on any atom is 0.321 e. The number of rotatable bonds is 4. The van der Waals surface area contributed by atoms with Crippen molar-refractivity contribution in [3.63, 3.8) is 0 Å². The summed E-state index contributed by atoms with van der Waals surface area (Å²) in [6.45, 7) is 9.56. The highest BCUT2D eigenvalue weighted by molar-refractivity contribution is 5.90. The van der Waals surface area contributed by atoms with Crippen molar-refractivity contribution in [2.45, 2.75) is 33.1 Å². The Balaban J connectivity index is 1.62. The standard InChI is InChI=1S/C21H28N4O/c1-4-16(2)18-7-5-6-8-19(18)23-21(26)25-13-11-24(12-14-25)20-9-10-22-15-17(20)3/h5-10,15-16H,4,11-14H2,1-3H3,(H,23,26). The molecule has 1 fully saturated rings. The topological polar surface area (TPSA) is 48.5 Å². The molecule has 5 heteroatoms. The van der Waals surface area contributed by atoms with Gasteiger partial charge in [0.2, 0.25) is 0 Å². The summed E-state index contributed by atoms with van der Waals surface area (Å²) in [7, 11) is 0. The Hall–Kier alpha value is -2.56. The smallest absolute Gasteiger partial charge is 0.321 e. The lowest BCUT2D eigenvalue weighted by Crippen LogP contribution is -2.50. The van der Waals surface area contributed by atoms with Crippen LogP contribution in [0.2, 0.25) is 0 Å². The number of para-hydroxylation sites is 1. The van der Waals surface area contributed by atoms with Crippen molar-refractivity contribution in [1.29, 1.82) is 0 Å². The van der Waals surface area contributed by atoms with Gasteiger partial charge in [0.25, 0.3) is 0 Å². The summed E-state index contributed by atoms with van der Waals surface area (Å²) in [4.78, 5) is 21.1. The third kappa shape index (κ3) is 3.98. The van der Waals surface area contributed by atoms with Crippen molar-refractivity contribution in [2.24, 2.45) is 0 Å². The molecule has 1 aliphatic rings. The number of piperazine rings is 1. The predicted molar refractivity (Wildman–Crippen MR) is 107 cm³/mol. The Morgan fingerprint density at radius 1 is 1.19 bits per heavy atom. The summed E-state index contributed by atoms with van der Waals surface area (Å²) in [6.07, 6.45) is 4.77. The predicted octanol–water partition coefficient (Wildman–Crippen LogP) is 4.26. The minimum Gasteiger partial charge on any atom is -0.368 e. The van der Waals surface area contributed by atoms with Crippen LogP contribution in [-0.2, 0) is 0 Å². The van der Waals surface area contributed by atoms with E-state index in [0.717, 1.165) is 38.3 Å². The monoisotopic (exact) mass is 352 g/mol. The fourth-order valence-electron chi connectivity index (χ4n) is 3.43. The number of aryl methyl sites for hydroxylation is 1. The number of nitrogens with zero attached hydrogens (tertiary/aromatic N) is 3. The number of hydrogen-bond donors (Lipinski definition) is 1. The van der Waals surface area contributed by atoms with Crippen LogP contribution in [0.4, 0.5) is 16.2 Å². The largest absolute Gasteiger partial charge is 0.368 e. The second-order valence-electron chi connectivity index (χ2n) is 6.96. The van der Waals surface area contributed by atoms with Gasteiger partial charge < -0.3 is 15.1 Å². The molecular weight excluding hydrogens is 324 g/mol. The van der Waals surface area contributed by atoms with Crippen molar-refractivity contribution in [3.05, 3.63) is 53.9 Å². The van der Waals surface area contributed by atoms with E-state index in [0.29, 0.717) is 5.92 Å². The quantitative estimate of drug-likeness (QED) is 0.894. The maximum atomic E-state index is 12.7. The first-order valence-corrected chi connectivity index (χ1v) is 9.40. The third-order valence-electron chi connectivity index (χ3n) is 5.24. The lowest BCUT2D eigenvalue weighted by molar-refractivity contribution is 0.208. The van der Waals surface area contributed by atoms with Gasteiger partial charge in [-0.1, -0.05) is 32.0 Å². The molecule has 5 nitrogen and oxygen atoms in total. The van der Waals surface area contributed by atoms with E-state index in [1.807, 2.05) is 41.6 Å². The number of carbonyl (C=O) groups is 1. The van der Waals surface area contributed by atoms with E-state index >= 15 is 0 Å². The van der Waals surface area contributed by atoms with Gasteiger partial charge in [-0.05, 0) is 42.5 Å². The van der Waals surface area contributed by atoms with Crippen LogP contribution in [0.1, 0.15) is 37.3 Å². The molecule has 2 aromatic rings. The van der Waals surface area contributed by atoms with Crippen LogP contribution < -0.4 is 10.2 Å². The molecule has 1 saturated heterocycles. The molecule has 1 aliphatic heterocycles. The molecule has 0 radical (unpaired) electrons. The van der Waals surface area contributed by atoms with E-state index in [2.05, 4.69) is 42.0 Å². The third-order valence-corrected chi connectivity index (χ3v) is 5.24. The SMILES string of the molecule is CCC(C)c1ccccc1NC(=O)N1CCN(c2ccncc2C)CC1. The van der Waals surface area contributed by atoms with Gasteiger partial charge in [-0.2, -0.15) is 0 Å². The van der Waals surface area contributed by atoms with Gasteiger partial charge in [0.05, 0.1) is 0 Å². The van der Waals surface area contributed by atoms with Gasteiger partial charge in [0.1, 0.15) is 0 Å². The van der Waals surface area contributed by atoms with E-state index in [-0.39, 0.29) is 6.03 Å². The van der Waals surface area contributed by atoms with Gasteiger partial charge in [0.15, 0.2) is 0 Å². The summed E-state index contributed by atoms with van der Waals surface area (Å²) in [5.41, 5.74) is 4.52. The summed E-state index contributed by atoms with van der Waals surface area (Å²) in [5.74, 6) is 0.429. The number of carbonyl (C=O) groups excluding carboxylic acids is 1. The van der Waals surface area contributed by atoms with Crippen LogP contribution in [0.15, 0.2) is 42.7 Å². The molecule has 1 N–H and O–H groups in total. The second kappa shape index (κ2) is 8.21. The minimum absolute atomic E-state index is 0.00754. The first kappa shape index (κ1) is 18.2. The van der Waals surface area contributed by atoms with Gasteiger partial charge in [-0.3, -0.25) is 4.98 Å². The van der Waals surface area contributed by atoms with Gasteiger partial charge in [0, 0.05) is 49.9 Å². The fraction of sp³-hybridized carbons (Fsp3) is 0.429. The number of hydrogen-bond acceptors (Lipinski definition) is 3. The molecule has 1 atom stereocenters. The minimum atomic E-state index is -0.00754. The number of urea groups is 1. The van der Waals surface area contributed by atoms with Gasteiger partial charge in [-0.15, -0.1) is 0 Å². The lowest BCUT2D eigenvalue weighted by Gasteiger charge is -2.36. The molecule has 1 unspecified atom stereocenters. The molecule has 0 spiro atoms. The number of anilines is 2. The molecular formula is C21H28N4O. The molecule has 26 heavy (non-hydrogen) atoms. The average molecular weight is 352 g/mol. The van der Waals surface area contributed by atoms with Gasteiger partial charge >= 0.3 is 6.03 Å². The molecule has 2 heterocycles. The summed E-state index contributed by atoms with van der Waals surface area (Å²) >= 11 is 0. The zero-order valence-electron chi connectivity index (χ0n) is 15.9. The highest BCUT2D eigenvalue weighted by Gasteiger charge is 2.23. The number of benzene rings is 1. The Kier molecular flexibility index (Phi) is 5.76. The van der Waals surface area contributed by atoms with E-state index in [1.54, 1.807) is 0 Å². The molecule has 1 aromatic carbocycles. The molecule has 0 saturated carbocycles. The van der Waals surface area contributed by atoms with Crippen molar-refractivity contribution < 1.29 is 4.79 Å². The normalized spacial score (nSPS) is 15.7. The first-order valence-electron chi connectivity index (χ1n) is 9.40. The summed E-state index contributed by atoms with van der Waals surface area (Å²) in [6, 6.07) is 10.2. The fourth-order valence-corrected chi connectivity index (χ4v) is 3.43. The first-order chi connectivity index (χ1) is 12.6. The second-order valence-corrected chi connectivity index (χ2v) is 6.96. The van der Waals surface area contributed by atoms with Crippen LogP contribution in [0, 0.1) is 6.92 Å². The molecule has 138 valence electrons. The highest BCUT2D eigenvalue weighted by Crippen LogP contribution is 2.27. The van der Waals surface area contributed by atoms with Crippen LogP contribution in [-0.4, -0.2) is 42.1 Å². The zero-order valence-corrected chi connectivity index (χ0v) is 15.9. The maximum absolute atomic E-state index is 12.7. The van der Waals surface area contributed by atoms with E-state index in [9.17, 15) is 4.79 Å². The van der Waals surface area contributed by atoms with Crippen LogP contribution in [0.5, 0.6) is 0 Å². The molecule has 3 rings (SSSR count). The number of pyridine rings is 1. The highest BCUT2D eigenvalue weighted by atomic mass is 16.2. The Morgan fingerprint density at radius 2 is 1.92 bits per heavy atom. The van der Waals surface area contributed by atoms with Crippen LogP contribution >= 0.6 is 0 Å². The van der Waals surface area contributed by atoms with Crippen LogP contribution in [0.3, 0.4) is 0 Å². The van der Waals surface area contributed by atoms with Crippen LogP contribution in [0.25, 0.3) is 0 Å². The molecule has 2 amide bonds. The lowest BCUT2D eigenvalue weighted by atomic mass is 9.97. The summed E-state index contributed by atoms with van der Waals surface area (Å²) in [5, 5.41) is 3.12. The van der Waals surface area contributed by atoms with E-state index in [4.69, 9.17) is 0 Å². The van der Waals surface area contributed by atoms with Crippen molar-refractivity contribution in [3.8, 4) is 0 Å². The summed E-state index contributed by atoms with van der Waals surface area (Å²) < 4.78 is 0. The number of nitrogens with one attached hydrogen (secondary N) is 1. The Morgan fingerprint density at radius 3 is 2.62 bits per heavy atom. The van der Waals surface area contributed by atoms with Crippen molar-refractivity contribution in [2.75, 3.05) is 36.4 Å². The van der Waals surface area contributed by atoms with E-state index < -0.39 is 0 Å². The Bertz CT molecular complexity index is 753. The Labute approximate surface area is 156 Å². The van der Waals surface area contributed by atoms with Crippen molar-refractivity contribution >= 4 is 17.4 Å². The molecule has 0 aliphatic carbocycles. The zero-order chi connectivity index (χ0) is 18.5. The number of amides is 2. The van der Waals surface area contributed by atoms with E-state index in [1.165, 1.54) is 16.8 Å². The average Bonchev–Trinajstić information content (AvgIpc) is 2.68. The van der Waals surface area contributed by atoms with Gasteiger partial charge in [-0.25, -0.2) is 4.79 Å².